The van der Waals surface area contributed by atoms with Crippen molar-refractivity contribution in [1.82, 2.24) is 10.2 Å². The van der Waals surface area contributed by atoms with Gasteiger partial charge in [0.15, 0.2) is 5.96 Å². The molecule has 0 aliphatic carbocycles. The molecule has 1 N–H and O–H groups in total. The maximum Gasteiger partial charge on any atom is 0.227 e. The first kappa shape index (κ1) is 20.0. The van der Waals surface area contributed by atoms with Gasteiger partial charge in [0.2, 0.25) is 5.91 Å². The van der Waals surface area contributed by atoms with E-state index in [-0.39, 0.29) is 29.9 Å². The van der Waals surface area contributed by atoms with Gasteiger partial charge in [-0.15, -0.1) is 24.0 Å². The fourth-order valence-corrected chi connectivity index (χ4v) is 3.52. The molecule has 6 heteroatoms. The van der Waals surface area contributed by atoms with Crippen molar-refractivity contribution in [3.05, 3.63) is 29.8 Å². The van der Waals surface area contributed by atoms with E-state index in [0.717, 1.165) is 44.2 Å². The van der Waals surface area contributed by atoms with Crippen molar-refractivity contribution in [3.8, 4) is 0 Å². The molecule has 25 heavy (non-hydrogen) atoms. The lowest BCUT2D eigenvalue weighted by Crippen LogP contribution is -2.40. The lowest BCUT2D eigenvalue weighted by Gasteiger charge is -2.24. The SMILES string of the molecule is CN=C(NCc1ccc(N2CCCC2=O)cc1)N1CCC(C)(C)C1.I. The van der Waals surface area contributed by atoms with Gasteiger partial charge in [0.25, 0.3) is 0 Å². The van der Waals surface area contributed by atoms with Crippen LogP contribution in [0.1, 0.15) is 38.7 Å². The molecule has 0 atom stereocenters. The fraction of sp³-hybridized carbons (Fsp3) is 0.579. The minimum atomic E-state index is 0. The highest BCUT2D eigenvalue weighted by Gasteiger charge is 2.30. The number of nitrogens with zero attached hydrogens (tertiary/aromatic N) is 3. The third-order valence-corrected chi connectivity index (χ3v) is 4.96. The maximum atomic E-state index is 11.8. The Morgan fingerprint density at radius 1 is 1.24 bits per heavy atom. The van der Waals surface area contributed by atoms with E-state index in [2.05, 4.69) is 41.2 Å². The second-order valence-electron chi connectivity index (χ2n) is 7.55. The summed E-state index contributed by atoms with van der Waals surface area (Å²) in [5.74, 6) is 1.21. The molecule has 2 aliphatic rings. The summed E-state index contributed by atoms with van der Waals surface area (Å²) >= 11 is 0. The molecule has 2 heterocycles. The van der Waals surface area contributed by atoms with Crippen LogP contribution in [0.2, 0.25) is 0 Å². The van der Waals surface area contributed by atoms with Crippen molar-refractivity contribution in [2.24, 2.45) is 10.4 Å². The van der Waals surface area contributed by atoms with Crippen LogP contribution in [0.5, 0.6) is 0 Å². The Morgan fingerprint density at radius 2 is 1.96 bits per heavy atom. The normalized spacial score (nSPS) is 20.0. The average molecular weight is 456 g/mol. The highest BCUT2D eigenvalue weighted by Crippen LogP contribution is 2.28. The predicted octanol–water partition coefficient (Wildman–Crippen LogP) is 3.24. The number of aliphatic imine (C=N–C) groups is 1. The number of nitrogens with one attached hydrogen (secondary N) is 1. The molecule has 2 aliphatic heterocycles. The molecule has 5 nitrogen and oxygen atoms in total. The van der Waals surface area contributed by atoms with E-state index in [1.54, 1.807) is 0 Å². The van der Waals surface area contributed by atoms with Crippen molar-refractivity contribution in [3.63, 3.8) is 0 Å². The standard InChI is InChI=1S/C19H28N4O.HI/c1-19(2)10-12-22(14-19)18(20-3)21-13-15-6-8-16(9-7-15)23-11-4-5-17(23)24;/h6-9H,4-5,10-14H2,1-3H3,(H,20,21);1H. The summed E-state index contributed by atoms with van der Waals surface area (Å²) < 4.78 is 0. The zero-order chi connectivity index (χ0) is 17.2. The Balaban J connectivity index is 0.00000225. The Bertz CT molecular complexity index is 627. The molecule has 138 valence electrons. The first-order chi connectivity index (χ1) is 11.5. The zero-order valence-corrected chi connectivity index (χ0v) is 17.7. The Morgan fingerprint density at radius 3 is 2.48 bits per heavy atom. The highest BCUT2D eigenvalue weighted by molar-refractivity contribution is 14.0. The first-order valence-corrected chi connectivity index (χ1v) is 8.83. The van der Waals surface area contributed by atoms with Gasteiger partial charge < -0.3 is 15.1 Å². The predicted molar refractivity (Wildman–Crippen MR) is 114 cm³/mol. The topological polar surface area (TPSA) is 47.9 Å². The van der Waals surface area contributed by atoms with Gasteiger partial charge in [-0.25, -0.2) is 0 Å². The van der Waals surface area contributed by atoms with Crippen LogP contribution in [0.3, 0.4) is 0 Å². The van der Waals surface area contributed by atoms with Gasteiger partial charge in [0, 0.05) is 45.3 Å². The van der Waals surface area contributed by atoms with Gasteiger partial charge in [-0.3, -0.25) is 9.79 Å². The number of amides is 1. The monoisotopic (exact) mass is 456 g/mol. The quantitative estimate of drug-likeness (QED) is 0.432. The second-order valence-corrected chi connectivity index (χ2v) is 7.55. The van der Waals surface area contributed by atoms with E-state index in [9.17, 15) is 4.79 Å². The highest BCUT2D eigenvalue weighted by atomic mass is 127. The van der Waals surface area contributed by atoms with Crippen LogP contribution in [0, 0.1) is 5.41 Å². The summed E-state index contributed by atoms with van der Waals surface area (Å²) in [7, 11) is 1.84. The average Bonchev–Trinajstić information content (AvgIpc) is 3.14. The molecule has 1 amide bonds. The number of guanidine groups is 1. The molecular formula is C19H29IN4O. The number of benzene rings is 1. The molecule has 0 unspecified atom stereocenters. The third-order valence-electron chi connectivity index (χ3n) is 4.96. The number of carbonyl (C=O) groups is 1. The number of likely N-dealkylation sites (tertiary alicyclic amines) is 1. The van der Waals surface area contributed by atoms with Crippen LogP contribution in [-0.2, 0) is 11.3 Å². The van der Waals surface area contributed by atoms with Crippen molar-refractivity contribution < 1.29 is 4.79 Å². The van der Waals surface area contributed by atoms with E-state index in [0.29, 0.717) is 11.8 Å². The Hall–Kier alpha value is -1.31. The molecule has 2 saturated heterocycles. The fourth-order valence-electron chi connectivity index (χ4n) is 3.52. The van der Waals surface area contributed by atoms with Gasteiger partial charge in [-0.05, 0) is 36.0 Å². The Kier molecular flexibility index (Phi) is 6.71. The lowest BCUT2D eigenvalue weighted by atomic mass is 9.93. The number of hydrogen-bond acceptors (Lipinski definition) is 2. The Labute approximate surface area is 167 Å². The first-order valence-electron chi connectivity index (χ1n) is 8.83. The molecule has 1 aromatic carbocycles. The molecule has 0 spiro atoms. The molecule has 1 aromatic rings. The van der Waals surface area contributed by atoms with Crippen molar-refractivity contribution in [2.75, 3.05) is 31.6 Å². The molecule has 0 saturated carbocycles. The van der Waals surface area contributed by atoms with Gasteiger partial charge >= 0.3 is 0 Å². The summed E-state index contributed by atoms with van der Waals surface area (Å²) in [6, 6.07) is 8.27. The van der Waals surface area contributed by atoms with Gasteiger partial charge in [-0.1, -0.05) is 26.0 Å². The summed E-state index contributed by atoms with van der Waals surface area (Å²) in [5.41, 5.74) is 2.57. The largest absolute Gasteiger partial charge is 0.352 e. The van der Waals surface area contributed by atoms with E-state index < -0.39 is 0 Å². The van der Waals surface area contributed by atoms with Crippen molar-refractivity contribution in [2.45, 2.75) is 39.7 Å². The van der Waals surface area contributed by atoms with Gasteiger partial charge in [0.05, 0.1) is 0 Å². The number of carbonyl (C=O) groups excluding carboxylic acids is 1. The van der Waals surface area contributed by atoms with Crippen LogP contribution in [-0.4, -0.2) is 43.4 Å². The molecular weight excluding hydrogens is 427 g/mol. The van der Waals surface area contributed by atoms with E-state index in [4.69, 9.17) is 0 Å². The second kappa shape index (κ2) is 8.38. The zero-order valence-electron chi connectivity index (χ0n) is 15.4. The van der Waals surface area contributed by atoms with E-state index in [1.165, 1.54) is 12.0 Å². The number of halogens is 1. The van der Waals surface area contributed by atoms with Crippen LogP contribution in [0.25, 0.3) is 0 Å². The van der Waals surface area contributed by atoms with Gasteiger partial charge in [0.1, 0.15) is 0 Å². The number of anilines is 1. The minimum absolute atomic E-state index is 0. The van der Waals surface area contributed by atoms with Crippen LogP contribution in [0.4, 0.5) is 5.69 Å². The minimum Gasteiger partial charge on any atom is -0.352 e. The summed E-state index contributed by atoms with van der Waals surface area (Å²) in [4.78, 5) is 20.4. The van der Waals surface area contributed by atoms with E-state index >= 15 is 0 Å². The van der Waals surface area contributed by atoms with Gasteiger partial charge in [-0.2, -0.15) is 0 Å². The van der Waals surface area contributed by atoms with Crippen LogP contribution >= 0.6 is 24.0 Å². The summed E-state index contributed by atoms with van der Waals surface area (Å²) in [6.45, 7) is 8.30. The summed E-state index contributed by atoms with van der Waals surface area (Å²) in [6.07, 6.45) is 2.84. The number of hydrogen-bond donors (Lipinski definition) is 1. The van der Waals surface area contributed by atoms with E-state index in [1.807, 2.05) is 24.1 Å². The lowest BCUT2D eigenvalue weighted by molar-refractivity contribution is -0.117. The van der Waals surface area contributed by atoms with Crippen LogP contribution in [0.15, 0.2) is 29.3 Å². The van der Waals surface area contributed by atoms with Crippen molar-refractivity contribution in [1.29, 1.82) is 0 Å². The molecule has 0 radical (unpaired) electrons. The molecule has 2 fully saturated rings. The molecule has 0 bridgehead atoms. The third kappa shape index (κ3) is 4.86. The molecule has 0 aromatic heterocycles. The number of rotatable bonds is 3. The maximum absolute atomic E-state index is 11.8. The van der Waals surface area contributed by atoms with Crippen molar-refractivity contribution >= 4 is 41.5 Å². The van der Waals surface area contributed by atoms with Crippen LogP contribution < -0.4 is 10.2 Å². The molecule has 3 rings (SSSR count). The smallest absolute Gasteiger partial charge is 0.227 e. The summed E-state index contributed by atoms with van der Waals surface area (Å²) in [5, 5.41) is 3.46.